The number of aromatic nitrogens is 1. The lowest BCUT2D eigenvalue weighted by atomic mass is 9.76. The number of ether oxygens (including phenoxy) is 1. The Morgan fingerprint density at radius 3 is 2.67 bits per heavy atom. The Morgan fingerprint density at radius 1 is 1.39 bits per heavy atom. The molecule has 0 unspecified atom stereocenters. The van der Waals surface area contributed by atoms with Gasteiger partial charge >= 0.3 is 5.97 Å². The van der Waals surface area contributed by atoms with E-state index in [-0.39, 0.29) is 11.8 Å². The van der Waals surface area contributed by atoms with Crippen molar-refractivity contribution >= 4 is 5.97 Å². The first kappa shape index (κ1) is 13.0. The van der Waals surface area contributed by atoms with Gasteiger partial charge in [-0.3, -0.25) is 0 Å². The number of nitrogens with zero attached hydrogens (tertiary/aromatic N) is 1. The van der Waals surface area contributed by atoms with E-state index in [1.54, 1.807) is 0 Å². The van der Waals surface area contributed by atoms with Crippen LogP contribution in [-0.2, 0) is 4.74 Å². The summed E-state index contributed by atoms with van der Waals surface area (Å²) in [6.07, 6.45) is 3.76. The average Bonchev–Trinajstić information content (AvgIpc) is 2.32. The van der Waals surface area contributed by atoms with E-state index < -0.39 is 11.9 Å². The molecule has 0 N–H and O–H groups in total. The fraction of sp³-hybridized carbons (Fsp3) is 0.571. The summed E-state index contributed by atoms with van der Waals surface area (Å²) < 4.78 is 18.2. The van der Waals surface area contributed by atoms with Gasteiger partial charge in [0.05, 0.1) is 0 Å². The molecule has 1 aliphatic carbocycles. The van der Waals surface area contributed by atoms with Crippen molar-refractivity contribution in [3.63, 3.8) is 0 Å². The van der Waals surface area contributed by atoms with E-state index in [0.29, 0.717) is 5.41 Å². The average molecular weight is 251 g/mol. The smallest absolute Gasteiger partial charge is 0.357 e. The van der Waals surface area contributed by atoms with Crippen LogP contribution in [0.15, 0.2) is 18.2 Å². The third kappa shape index (κ3) is 3.28. The van der Waals surface area contributed by atoms with E-state index in [9.17, 15) is 9.18 Å². The number of halogens is 1. The van der Waals surface area contributed by atoms with Crippen LogP contribution in [0, 0.1) is 11.4 Å². The minimum absolute atomic E-state index is 0.0415. The van der Waals surface area contributed by atoms with Gasteiger partial charge in [-0.15, -0.1) is 0 Å². The van der Waals surface area contributed by atoms with Gasteiger partial charge < -0.3 is 4.74 Å². The Hall–Kier alpha value is -1.45. The molecule has 0 amide bonds. The highest BCUT2D eigenvalue weighted by molar-refractivity contribution is 5.87. The van der Waals surface area contributed by atoms with Crippen molar-refractivity contribution in [2.45, 2.75) is 45.6 Å². The van der Waals surface area contributed by atoms with Crippen LogP contribution < -0.4 is 0 Å². The Bertz CT molecular complexity index is 435. The topological polar surface area (TPSA) is 39.2 Å². The third-order valence-corrected chi connectivity index (χ3v) is 3.48. The van der Waals surface area contributed by atoms with Crippen molar-refractivity contribution in [3.8, 4) is 0 Å². The molecule has 18 heavy (non-hydrogen) atoms. The molecule has 0 aromatic carbocycles. The lowest BCUT2D eigenvalue weighted by Gasteiger charge is -2.33. The van der Waals surface area contributed by atoms with E-state index in [1.165, 1.54) is 18.2 Å². The molecule has 1 heterocycles. The Balaban J connectivity index is 1.93. The number of carbonyl (C=O) groups is 1. The summed E-state index contributed by atoms with van der Waals surface area (Å²) in [6, 6.07) is 4.14. The van der Waals surface area contributed by atoms with Crippen molar-refractivity contribution in [3.05, 3.63) is 29.8 Å². The fourth-order valence-electron chi connectivity index (χ4n) is 2.22. The van der Waals surface area contributed by atoms with Crippen LogP contribution in [0.2, 0.25) is 0 Å². The summed E-state index contributed by atoms with van der Waals surface area (Å²) in [7, 11) is 0. The lowest BCUT2D eigenvalue weighted by molar-refractivity contribution is 0.00880. The maximum absolute atomic E-state index is 12.9. The molecule has 0 radical (unpaired) electrons. The van der Waals surface area contributed by atoms with Crippen LogP contribution in [-0.4, -0.2) is 17.1 Å². The van der Waals surface area contributed by atoms with Gasteiger partial charge in [0.25, 0.3) is 0 Å². The van der Waals surface area contributed by atoms with Crippen molar-refractivity contribution in [1.29, 1.82) is 0 Å². The zero-order valence-electron chi connectivity index (χ0n) is 10.8. The maximum atomic E-state index is 12.9. The molecular formula is C14H18FNO2. The highest BCUT2D eigenvalue weighted by Crippen LogP contribution is 2.36. The number of carbonyl (C=O) groups excluding carboxylic acids is 1. The van der Waals surface area contributed by atoms with Gasteiger partial charge in [-0.05, 0) is 43.2 Å². The van der Waals surface area contributed by atoms with Crippen LogP contribution >= 0.6 is 0 Å². The summed E-state index contributed by atoms with van der Waals surface area (Å²) in [5.41, 5.74) is 0.375. The number of hydrogen-bond acceptors (Lipinski definition) is 3. The monoisotopic (exact) mass is 251 g/mol. The number of pyridine rings is 1. The molecular weight excluding hydrogens is 233 g/mol. The van der Waals surface area contributed by atoms with E-state index in [2.05, 4.69) is 18.8 Å². The van der Waals surface area contributed by atoms with Crippen LogP contribution in [0.3, 0.4) is 0 Å². The maximum Gasteiger partial charge on any atom is 0.357 e. The summed E-state index contributed by atoms with van der Waals surface area (Å²) in [6.45, 7) is 4.44. The summed E-state index contributed by atoms with van der Waals surface area (Å²) in [5, 5.41) is 0. The molecule has 2 rings (SSSR count). The van der Waals surface area contributed by atoms with Crippen molar-refractivity contribution in [2.75, 3.05) is 0 Å². The highest BCUT2D eigenvalue weighted by Gasteiger charge is 2.29. The quantitative estimate of drug-likeness (QED) is 0.597. The van der Waals surface area contributed by atoms with E-state index >= 15 is 0 Å². The summed E-state index contributed by atoms with van der Waals surface area (Å²) in [5.74, 6) is -1.19. The first-order valence-electron chi connectivity index (χ1n) is 6.30. The minimum atomic E-state index is -0.658. The second-order valence-electron chi connectivity index (χ2n) is 5.61. The van der Waals surface area contributed by atoms with E-state index in [4.69, 9.17) is 4.74 Å². The first-order valence-corrected chi connectivity index (χ1v) is 6.30. The van der Waals surface area contributed by atoms with E-state index in [0.717, 1.165) is 25.7 Å². The second kappa shape index (κ2) is 5.04. The molecule has 3 nitrogen and oxygen atoms in total. The van der Waals surface area contributed by atoms with Gasteiger partial charge in [0.2, 0.25) is 5.95 Å². The predicted octanol–water partition coefficient (Wildman–Crippen LogP) is 3.35. The third-order valence-electron chi connectivity index (χ3n) is 3.48. The summed E-state index contributed by atoms with van der Waals surface area (Å²) >= 11 is 0. The normalized spacial score (nSPS) is 19.5. The Labute approximate surface area is 106 Å². The molecule has 1 aromatic rings. The minimum Gasteiger partial charge on any atom is -0.458 e. The zero-order chi connectivity index (χ0) is 13.2. The van der Waals surface area contributed by atoms with Gasteiger partial charge in [0, 0.05) is 0 Å². The number of rotatable bonds is 2. The van der Waals surface area contributed by atoms with Gasteiger partial charge in [0.1, 0.15) is 6.10 Å². The first-order chi connectivity index (χ1) is 8.46. The molecule has 1 saturated carbocycles. The molecule has 0 atom stereocenters. The lowest BCUT2D eigenvalue weighted by Crippen LogP contribution is -2.28. The van der Waals surface area contributed by atoms with Crippen molar-refractivity contribution in [2.24, 2.45) is 5.41 Å². The number of esters is 1. The summed E-state index contributed by atoms with van der Waals surface area (Å²) in [4.78, 5) is 15.3. The Kier molecular flexibility index (Phi) is 3.64. The molecule has 0 saturated heterocycles. The van der Waals surface area contributed by atoms with Gasteiger partial charge in [-0.1, -0.05) is 19.9 Å². The van der Waals surface area contributed by atoms with Gasteiger partial charge in [-0.2, -0.15) is 4.39 Å². The van der Waals surface area contributed by atoms with Gasteiger partial charge in [0.15, 0.2) is 5.69 Å². The molecule has 1 aromatic heterocycles. The molecule has 0 aliphatic heterocycles. The van der Waals surface area contributed by atoms with Crippen molar-refractivity contribution in [1.82, 2.24) is 4.98 Å². The van der Waals surface area contributed by atoms with Crippen LogP contribution in [0.5, 0.6) is 0 Å². The molecule has 0 bridgehead atoms. The Morgan fingerprint density at radius 2 is 2.06 bits per heavy atom. The molecule has 0 spiro atoms. The van der Waals surface area contributed by atoms with Crippen LogP contribution in [0.25, 0.3) is 0 Å². The van der Waals surface area contributed by atoms with Crippen LogP contribution in [0.1, 0.15) is 50.0 Å². The fourth-order valence-corrected chi connectivity index (χ4v) is 2.22. The van der Waals surface area contributed by atoms with Crippen molar-refractivity contribution < 1.29 is 13.9 Å². The number of hydrogen-bond donors (Lipinski definition) is 0. The predicted molar refractivity (Wildman–Crippen MR) is 65.6 cm³/mol. The molecule has 4 heteroatoms. The zero-order valence-corrected chi connectivity index (χ0v) is 10.8. The second-order valence-corrected chi connectivity index (χ2v) is 5.61. The standard InChI is InChI=1S/C14H18FNO2/c1-14(2)8-6-10(7-9-14)18-13(17)11-4-3-5-12(15)16-11/h3-5,10H,6-9H2,1-2H3. The highest BCUT2D eigenvalue weighted by atomic mass is 19.1. The SMILES string of the molecule is CC1(C)CCC(OC(=O)c2cccc(F)n2)CC1. The van der Waals surface area contributed by atoms with Crippen LogP contribution in [0.4, 0.5) is 4.39 Å². The molecule has 1 fully saturated rings. The van der Waals surface area contributed by atoms with E-state index in [1.807, 2.05) is 0 Å². The molecule has 1 aliphatic rings. The van der Waals surface area contributed by atoms with Gasteiger partial charge in [-0.25, -0.2) is 9.78 Å². The molecule has 98 valence electrons. The largest absolute Gasteiger partial charge is 0.458 e.